The Labute approximate surface area is 127 Å². The monoisotopic (exact) mass is 327 g/mol. The van der Waals surface area contributed by atoms with Crippen molar-refractivity contribution in [2.45, 2.75) is 18.4 Å². The average molecular weight is 327 g/mol. The molecule has 0 heterocycles. The van der Waals surface area contributed by atoms with Gasteiger partial charge in [-0.15, -0.1) is 0 Å². The van der Waals surface area contributed by atoms with Gasteiger partial charge in [0.25, 0.3) is 0 Å². The van der Waals surface area contributed by atoms with Gasteiger partial charge in [0, 0.05) is 6.54 Å². The number of hydrogen-bond donors (Lipinski definition) is 1. The molecule has 2 aromatic rings. The first-order valence-electron chi connectivity index (χ1n) is 6.59. The lowest BCUT2D eigenvalue weighted by Crippen LogP contribution is -2.23. The summed E-state index contributed by atoms with van der Waals surface area (Å²) in [5.74, 6) is -1.15. The minimum Gasteiger partial charge on any atom is -0.491 e. The maximum atomic E-state index is 13.7. The lowest BCUT2D eigenvalue weighted by molar-refractivity contribution is 0.321. The van der Waals surface area contributed by atoms with Gasteiger partial charge in [0.2, 0.25) is 10.0 Å². The highest BCUT2D eigenvalue weighted by molar-refractivity contribution is 7.89. The first kappa shape index (κ1) is 16.4. The predicted molar refractivity (Wildman–Crippen MR) is 78.0 cm³/mol. The number of hydrogen-bond acceptors (Lipinski definition) is 3. The van der Waals surface area contributed by atoms with Crippen LogP contribution in [0.1, 0.15) is 12.5 Å². The molecule has 118 valence electrons. The highest BCUT2D eigenvalue weighted by Crippen LogP contribution is 2.21. The molecule has 0 saturated carbocycles. The van der Waals surface area contributed by atoms with Gasteiger partial charge < -0.3 is 4.74 Å². The molecule has 4 nitrogen and oxygen atoms in total. The van der Waals surface area contributed by atoms with Crippen LogP contribution in [0.2, 0.25) is 0 Å². The summed E-state index contributed by atoms with van der Waals surface area (Å²) in [7, 11) is -3.86. The summed E-state index contributed by atoms with van der Waals surface area (Å²) in [5, 5.41) is 0. The van der Waals surface area contributed by atoms with Gasteiger partial charge in [-0.3, -0.25) is 0 Å². The largest absolute Gasteiger partial charge is 0.491 e. The van der Waals surface area contributed by atoms with Crippen LogP contribution in [0.5, 0.6) is 5.75 Å². The summed E-state index contributed by atoms with van der Waals surface area (Å²) < 4.78 is 58.0. The smallest absolute Gasteiger partial charge is 0.240 e. The molecule has 0 fully saturated rings. The van der Waals surface area contributed by atoms with Gasteiger partial charge in [0.15, 0.2) is 11.6 Å². The van der Waals surface area contributed by atoms with E-state index >= 15 is 0 Å². The number of sulfonamides is 1. The Bertz CT molecular complexity index is 746. The summed E-state index contributed by atoms with van der Waals surface area (Å²) in [4.78, 5) is -0.199. The third-order valence-corrected chi connectivity index (χ3v) is 4.29. The lowest BCUT2D eigenvalue weighted by atomic mass is 10.2. The standard InChI is InChI=1S/C15H15F2NO3S/c1-2-21-15-8-7-13(9-14(15)17)22(19,20)18-10-11-3-5-12(16)6-4-11/h3-9,18H,2,10H2,1H3. The van der Waals surface area contributed by atoms with Crippen LogP contribution in [0.3, 0.4) is 0 Å². The van der Waals surface area contributed by atoms with Crippen LogP contribution in [-0.2, 0) is 16.6 Å². The van der Waals surface area contributed by atoms with E-state index in [0.29, 0.717) is 5.56 Å². The fourth-order valence-electron chi connectivity index (χ4n) is 1.79. The van der Waals surface area contributed by atoms with Crippen molar-refractivity contribution in [3.05, 3.63) is 59.7 Å². The zero-order valence-electron chi connectivity index (χ0n) is 11.8. The SMILES string of the molecule is CCOc1ccc(S(=O)(=O)NCc2ccc(F)cc2)cc1F. The first-order chi connectivity index (χ1) is 10.4. The Morgan fingerprint density at radius 1 is 1.09 bits per heavy atom. The van der Waals surface area contributed by atoms with Gasteiger partial charge in [-0.05, 0) is 42.8 Å². The Kier molecular flexibility index (Phi) is 5.10. The van der Waals surface area contributed by atoms with E-state index in [9.17, 15) is 17.2 Å². The van der Waals surface area contributed by atoms with Crippen LogP contribution in [0.25, 0.3) is 0 Å². The van der Waals surface area contributed by atoms with Crippen LogP contribution >= 0.6 is 0 Å². The Balaban J connectivity index is 2.13. The van der Waals surface area contributed by atoms with E-state index in [1.54, 1.807) is 6.92 Å². The number of halogens is 2. The van der Waals surface area contributed by atoms with Crippen LogP contribution < -0.4 is 9.46 Å². The molecular formula is C15H15F2NO3S. The minimum atomic E-state index is -3.86. The molecule has 7 heteroatoms. The van der Waals surface area contributed by atoms with E-state index in [0.717, 1.165) is 6.07 Å². The second-order valence-corrected chi connectivity index (χ2v) is 6.24. The van der Waals surface area contributed by atoms with E-state index in [4.69, 9.17) is 4.74 Å². The Morgan fingerprint density at radius 3 is 2.36 bits per heavy atom. The maximum Gasteiger partial charge on any atom is 0.240 e. The maximum absolute atomic E-state index is 13.7. The van der Waals surface area contributed by atoms with Gasteiger partial charge in [-0.25, -0.2) is 21.9 Å². The molecule has 1 N–H and O–H groups in total. The number of benzene rings is 2. The highest BCUT2D eigenvalue weighted by Gasteiger charge is 2.16. The zero-order valence-corrected chi connectivity index (χ0v) is 12.7. The van der Waals surface area contributed by atoms with Crippen molar-refractivity contribution in [3.63, 3.8) is 0 Å². The van der Waals surface area contributed by atoms with Crippen LogP contribution in [0.4, 0.5) is 8.78 Å². The van der Waals surface area contributed by atoms with Crippen molar-refractivity contribution in [1.29, 1.82) is 0 Å². The van der Waals surface area contributed by atoms with Crippen LogP contribution in [-0.4, -0.2) is 15.0 Å². The van der Waals surface area contributed by atoms with E-state index in [1.165, 1.54) is 36.4 Å². The number of ether oxygens (including phenoxy) is 1. The molecular weight excluding hydrogens is 312 g/mol. The second-order valence-electron chi connectivity index (χ2n) is 4.48. The number of nitrogens with one attached hydrogen (secondary N) is 1. The quantitative estimate of drug-likeness (QED) is 0.887. The second kappa shape index (κ2) is 6.85. The van der Waals surface area contributed by atoms with Gasteiger partial charge in [-0.1, -0.05) is 12.1 Å². The molecule has 0 aliphatic carbocycles. The third kappa shape index (κ3) is 4.02. The third-order valence-electron chi connectivity index (χ3n) is 2.89. The van der Waals surface area contributed by atoms with Gasteiger partial charge in [0.05, 0.1) is 11.5 Å². The molecule has 0 saturated heterocycles. The summed E-state index contributed by atoms with van der Waals surface area (Å²) in [5.41, 5.74) is 0.594. The molecule has 0 amide bonds. The minimum absolute atomic E-state index is 0.0000143. The normalized spacial score (nSPS) is 11.4. The summed E-state index contributed by atoms with van der Waals surface area (Å²) >= 11 is 0. The van der Waals surface area contributed by atoms with Crippen molar-refractivity contribution >= 4 is 10.0 Å². The van der Waals surface area contributed by atoms with Crippen LogP contribution in [0.15, 0.2) is 47.4 Å². The Morgan fingerprint density at radius 2 is 1.77 bits per heavy atom. The molecule has 0 aliphatic heterocycles. The number of rotatable bonds is 6. The van der Waals surface area contributed by atoms with Gasteiger partial charge in [-0.2, -0.15) is 0 Å². The van der Waals surface area contributed by atoms with Gasteiger partial charge >= 0.3 is 0 Å². The molecule has 0 bridgehead atoms. The highest BCUT2D eigenvalue weighted by atomic mass is 32.2. The van der Waals surface area contributed by atoms with Crippen molar-refractivity contribution < 1.29 is 21.9 Å². The Hall–Kier alpha value is -1.99. The molecule has 2 rings (SSSR count). The van der Waals surface area contributed by atoms with Crippen molar-refractivity contribution in [2.24, 2.45) is 0 Å². The molecule has 22 heavy (non-hydrogen) atoms. The van der Waals surface area contributed by atoms with Crippen molar-refractivity contribution in [1.82, 2.24) is 4.72 Å². The first-order valence-corrected chi connectivity index (χ1v) is 8.07. The fraction of sp³-hybridized carbons (Fsp3) is 0.200. The molecule has 0 spiro atoms. The molecule has 0 radical (unpaired) electrons. The van der Waals surface area contributed by atoms with Gasteiger partial charge in [0.1, 0.15) is 5.82 Å². The predicted octanol–water partition coefficient (Wildman–Crippen LogP) is 2.84. The zero-order chi connectivity index (χ0) is 16.2. The van der Waals surface area contributed by atoms with E-state index in [1.807, 2.05) is 0 Å². The van der Waals surface area contributed by atoms with Crippen molar-refractivity contribution in [2.75, 3.05) is 6.61 Å². The molecule has 0 unspecified atom stereocenters. The molecule has 0 aromatic heterocycles. The summed E-state index contributed by atoms with van der Waals surface area (Å²) in [6.45, 7) is 1.97. The molecule has 2 aromatic carbocycles. The summed E-state index contributed by atoms with van der Waals surface area (Å²) in [6.07, 6.45) is 0. The van der Waals surface area contributed by atoms with Crippen molar-refractivity contribution in [3.8, 4) is 5.75 Å². The average Bonchev–Trinajstić information content (AvgIpc) is 2.49. The lowest BCUT2D eigenvalue weighted by Gasteiger charge is -2.09. The van der Waals surface area contributed by atoms with E-state index < -0.39 is 21.7 Å². The van der Waals surface area contributed by atoms with E-state index in [-0.39, 0.29) is 23.8 Å². The topological polar surface area (TPSA) is 55.4 Å². The summed E-state index contributed by atoms with van der Waals surface area (Å²) in [6, 6.07) is 8.85. The fourth-order valence-corrected chi connectivity index (χ4v) is 2.81. The molecule has 0 aliphatic rings. The van der Waals surface area contributed by atoms with E-state index in [2.05, 4.69) is 4.72 Å². The van der Waals surface area contributed by atoms with Crippen LogP contribution in [0, 0.1) is 11.6 Å². The molecule has 0 atom stereocenters.